The highest BCUT2D eigenvalue weighted by Gasteiger charge is 2.23. The van der Waals surface area contributed by atoms with Crippen molar-refractivity contribution in [1.29, 1.82) is 0 Å². The lowest BCUT2D eigenvalue weighted by Crippen LogP contribution is -2.40. The van der Waals surface area contributed by atoms with Crippen LogP contribution in [0.25, 0.3) is 0 Å². The van der Waals surface area contributed by atoms with Crippen molar-refractivity contribution < 1.29 is 32.2 Å². The van der Waals surface area contributed by atoms with E-state index in [0.717, 1.165) is 0 Å². The van der Waals surface area contributed by atoms with E-state index in [9.17, 15) is 18.0 Å². The average Bonchev–Trinajstić information content (AvgIpc) is 2.83. The molecule has 0 unspecified atom stereocenters. The van der Waals surface area contributed by atoms with E-state index in [-0.39, 0.29) is 4.90 Å². The summed E-state index contributed by atoms with van der Waals surface area (Å²) in [4.78, 5) is 24.4. The zero-order chi connectivity index (χ0) is 24.6. The van der Waals surface area contributed by atoms with Gasteiger partial charge in [-0.15, -0.1) is 0 Å². The number of benzene rings is 3. The second-order valence-electron chi connectivity index (χ2n) is 7.12. The standard InChI is InChI=1S/C24H24N2O7S/c1-17(26-34(29,30)22-13-11-19(31-2)12-14-22)24(28)32-16-23(27)25-18-7-6-10-21(15-18)33-20-8-4-3-5-9-20/h3-15,17,26H,16H2,1-2H3,(H,25,27)/t17-/m0/s1. The summed E-state index contributed by atoms with van der Waals surface area (Å²) in [5.41, 5.74) is 0.447. The molecule has 0 heterocycles. The second-order valence-corrected chi connectivity index (χ2v) is 8.83. The van der Waals surface area contributed by atoms with Gasteiger partial charge in [0.05, 0.1) is 12.0 Å². The number of rotatable bonds is 10. The van der Waals surface area contributed by atoms with Crippen LogP contribution in [-0.4, -0.2) is 40.1 Å². The number of hydrogen-bond acceptors (Lipinski definition) is 7. The van der Waals surface area contributed by atoms with E-state index < -0.39 is 34.5 Å². The summed E-state index contributed by atoms with van der Waals surface area (Å²) in [5, 5.41) is 2.60. The molecule has 0 aliphatic rings. The van der Waals surface area contributed by atoms with E-state index in [0.29, 0.717) is 22.9 Å². The zero-order valence-corrected chi connectivity index (χ0v) is 19.4. The number of hydrogen-bond donors (Lipinski definition) is 2. The molecule has 0 aliphatic carbocycles. The molecule has 3 aromatic carbocycles. The Labute approximate surface area is 197 Å². The lowest BCUT2D eigenvalue weighted by atomic mass is 10.3. The highest BCUT2D eigenvalue weighted by Crippen LogP contribution is 2.23. The number of amides is 1. The van der Waals surface area contributed by atoms with Gasteiger partial charge in [-0.05, 0) is 55.5 Å². The van der Waals surface area contributed by atoms with Gasteiger partial charge in [0.1, 0.15) is 23.3 Å². The van der Waals surface area contributed by atoms with E-state index in [2.05, 4.69) is 10.0 Å². The number of anilines is 1. The molecule has 0 bridgehead atoms. The number of esters is 1. The molecule has 3 rings (SSSR count). The number of sulfonamides is 1. The maximum Gasteiger partial charge on any atom is 0.324 e. The summed E-state index contributed by atoms with van der Waals surface area (Å²) < 4.78 is 42.8. The van der Waals surface area contributed by atoms with Crippen molar-refractivity contribution in [2.45, 2.75) is 17.9 Å². The summed E-state index contributed by atoms with van der Waals surface area (Å²) >= 11 is 0. The quantitative estimate of drug-likeness (QED) is 0.424. The normalized spacial score (nSPS) is 11.8. The molecular formula is C24H24N2O7S. The van der Waals surface area contributed by atoms with Gasteiger partial charge in [0.2, 0.25) is 10.0 Å². The van der Waals surface area contributed by atoms with Crippen LogP contribution in [0, 0.1) is 0 Å². The number of carbonyl (C=O) groups excluding carboxylic acids is 2. The summed E-state index contributed by atoms with van der Waals surface area (Å²) in [6, 6.07) is 20.3. The Hall–Kier alpha value is -3.89. The Morgan fingerprint density at radius 3 is 2.24 bits per heavy atom. The van der Waals surface area contributed by atoms with Gasteiger partial charge in [0, 0.05) is 11.8 Å². The van der Waals surface area contributed by atoms with E-state index >= 15 is 0 Å². The fourth-order valence-corrected chi connectivity index (χ4v) is 4.02. The van der Waals surface area contributed by atoms with Crippen molar-refractivity contribution in [2.75, 3.05) is 19.0 Å². The van der Waals surface area contributed by atoms with Crippen LogP contribution in [0.15, 0.2) is 83.8 Å². The average molecular weight is 485 g/mol. The first-order valence-electron chi connectivity index (χ1n) is 10.2. The van der Waals surface area contributed by atoms with Crippen LogP contribution < -0.4 is 19.5 Å². The Kier molecular flexibility index (Phi) is 8.23. The molecule has 0 aliphatic heterocycles. The number of carbonyl (C=O) groups is 2. The topological polar surface area (TPSA) is 120 Å². The molecule has 0 saturated carbocycles. The Morgan fingerprint density at radius 1 is 0.882 bits per heavy atom. The van der Waals surface area contributed by atoms with Crippen LogP contribution in [0.3, 0.4) is 0 Å². The first-order valence-corrected chi connectivity index (χ1v) is 11.7. The summed E-state index contributed by atoms with van der Waals surface area (Å²) in [7, 11) is -2.50. The highest BCUT2D eigenvalue weighted by atomic mass is 32.2. The van der Waals surface area contributed by atoms with Crippen LogP contribution in [0.5, 0.6) is 17.2 Å². The number of nitrogens with one attached hydrogen (secondary N) is 2. The van der Waals surface area contributed by atoms with E-state index in [1.807, 2.05) is 18.2 Å². The molecule has 0 spiro atoms. The molecule has 1 atom stereocenters. The van der Waals surface area contributed by atoms with Gasteiger partial charge in [0.15, 0.2) is 6.61 Å². The van der Waals surface area contributed by atoms with Crippen LogP contribution in [0.2, 0.25) is 0 Å². The van der Waals surface area contributed by atoms with Gasteiger partial charge in [-0.1, -0.05) is 24.3 Å². The van der Waals surface area contributed by atoms with Gasteiger partial charge in [-0.25, -0.2) is 8.42 Å². The van der Waals surface area contributed by atoms with Crippen molar-refractivity contribution in [1.82, 2.24) is 4.72 Å². The minimum atomic E-state index is -3.97. The number of methoxy groups -OCH3 is 1. The van der Waals surface area contributed by atoms with Crippen molar-refractivity contribution in [3.05, 3.63) is 78.9 Å². The Bertz CT molecular complexity index is 1230. The zero-order valence-electron chi connectivity index (χ0n) is 18.6. The highest BCUT2D eigenvalue weighted by molar-refractivity contribution is 7.89. The monoisotopic (exact) mass is 484 g/mol. The van der Waals surface area contributed by atoms with Crippen molar-refractivity contribution >= 4 is 27.6 Å². The Balaban J connectivity index is 1.50. The van der Waals surface area contributed by atoms with E-state index in [4.69, 9.17) is 14.2 Å². The summed E-state index contributed by atoms with van der Waals surface area (Å²) in [5.74, 6) is 0.173. The molecule has 9 nitrogen and oxygen atoms in total. The minimum absolute atomic E-state index is 0.0386. The van der Waals surface area contributed by atoms with Gasteiger partial charge >= 0.3 is 5.97 Å². The summed E-state index contributed by atoms with van der Waals surface area (Å²) in [6.07, 6.45) is 0. The van der Waals surface area contributed by atoms with Crippen molar-refractivity contribution in [3.63, 3.8) is 0 Å². The minimum Gasteiger partial charge on any atom is -0.497 e. The van der Waals surface area contributed by atoms with E-state index in [1.54, 1.807) is 36.4 Å². The molecule has 1 amide bonds. The number of para-hydroxylation sites is 1. The largest absolute Gasteiger partial charge is 0.497 e. The molecular weight excluding hydrogens is 460 g/mol. The lowest BCUT2D eigenvalue weighted by Gasteiger charge is -2.14. The molecule has 2 N–H and O–H groups in total. The van der Waals surface area contributed by atoms with Gasteiger partial charge < -0.3 is 19.5 Å². The van der Waals surface area contributed by atoms with Crippen molar-refractivity contribution in [2.24, 2.45) is 0 Å². The van der Waals surface area contributed by atoms with Crippen LogP contribution in [0.1, 0.15) is 6.92 Å². The molecule has 0 fully saturated rings. The van der Waals surface area contributed by atoms with Crippen LogP contribution in [0.4, 0.5) is 5.69 Å². The Morgan fingerprint density at radius 2 is 1.56 bits per heavy atom. The van der Waals surface area contributed by atoms with Gasteiger partial charge in [0.25, 0.3) is 5.91 Å². The molecule has 0 radical (unpaired) electrons. The molecule has 10 heteroatoms. The SMILES string of the molecule is COc1ccc(S(=O)(=O)N[C@@H](C)C(=O)OCC(=O)Nc2cccc(Oc3ccccc3)c2)cc1. The molecule has 0 saturated heterocycles. The molecule has 0 aromatic heterocycles. The first kappa shape index (κ1) is 24.7. The second kappa shape index (κ2) is 11.3. The fourth-order valence-electron chi connectivity index (χ4n) is 2.82. The van der Waals surface area contributed by atoms with E-state index in [1.165, 1.54) is 38.3 Å². The third-order valence-electron chi connectivity index (χ3n) is 4.50. The fraction of sp³-hybridized carbons (Fsp3) is 0.167. The predicted molar refractivity (Wildman–Crippen MR) is 125 cm³/mol. The third-order valence-corrected chi connectivity index (χ3v) is 6.05. The maximum atomic E-state index is 12.4. The predicted octanol–water partition coefficient (Wildman–Crippen LogP) is 3.34. The van der Waals surface area contributed by atoms with Gasteiger partial charge in [-0.3, -0.25) is 9.59 Å². The van der Waals surface area contributed by atoms with Crippen LogP contribution >= 0.6 is 0 Å². The van der Waals surface area contributed by atoms with Crippen LogP contribution in [-0.2, 0) is 24.3 Å². The third kappa shape index (κ3) is 7.06. The molecule has 34 heavy (non-hydrogen) atoms. The maximum absolute atomic E-state index is 12.4. The van der Waals surface area contributed by atoms with Crippen molar-refractivity contribution in [3.8, 4) is 17.2 Å². The first-order chi connectivity index (χ1) is 16.3. The lowest BCUT2D eigenvalue weighted by molar-refractivity contribution is -0.148. The van der Waals surface area contributed by atoms with Gasteiger partial charge in [-0.2, -0.15) is 4.72 Å². The smallest absolute Gasteiger partial charge is 0.324 e. The summed E-state index contributed by atoms with van der Waals surface area (Å²) in [6.45, 7) is 0.739. The number of ether oxygens (including phenoxy) is 3. The molecule has 3 aromatic rings. The molecule has 178 valence electrons.